The van der Waals surface area contributed by atoms with Gasteiger partial charge in [-0.05, 0) is 33.7 Å². The minimum Gasteiger partial charge on any atom is -0.192 e. The van der Waals surface area contributed by atoms with Crippen molar-refractivity contribution in [2.24, 2.45) is 0 Å². The van der Waals surface area contributed by atoms with Crippen LogP contribution in [0.2, 0.25) is 0 Å². The van der Waals surface area contributed by atoms with Crippen molar-refractivity contribution in [2.45, 2.75) is 0 Å². The van der Waals surface area contributed by atoms with E-state index in [1.54, 1.807) is 12.1 Å². The Labute approximate surface area is 192 Å². The number of hydrogen-bond donors (Lipinski definition) is 0. The van der Waals surface area contributed by atoms with Gasteiger partial charge in [0.15, 0.2) is 0 Å². The van der Waals surface area contributed by atoms with Crippen molar-refractivity contribution < 1.29 is 0 Å². The third-order valence-electron chi connectivity index (χ3n) is 5.04. The maximum absolute atomic E-state index is 9.45. The minimum absolute atomic E-state index is 0.208. The zero-order valence-corrected chi connectivity index (χ0v) is 17.0. The van der Waals surface area contributed by atoms with Crippen LogP contribution in [-0.4, -0.2) is 0 Å². The van der Waals surface area contributed by atoms with Crippen molar-refractivity contribution in [1.29, 1.82) is 21.0 Å². The highest BCUT2D eigenvalue weighted by atomic mass is 14.9. The van der Waals surface area contributed by atoms with Crippen molar-refractivity contribution in [2.75, 3.05) is 0 Å². The highest BCUT2D eigenvalue weighted by Crippen LogP contribution is 2.17. The van der Waals surface area contributed by atoms with Crippen LogP contribution in [0.4, 0.5) is 0 Å². The van der Waals surface area contributed by atoms with Gasteiger partial charge in [-0.2, -0.15) is 40.4 Å². The van der Waals surface area contributed by atoms with E-state index in [0.29, 0.717) is 21.5 Å². The lowest BCUT2D eigenvalue weighted by Crippen LogP contribution is -2.19. The van der Waals surface area contributed by atoms with E-state index in [1.807, 2.05) is 24.3 Å². The Kier molecular flexibility index (Phi) is 6.00. The Bertz CT molecular complexity index is 1680. The van der Waals surface area contributed by atoms with Gasteiger partial charge in [-0.1, -0.05) is 24.3 Å². The predicted molar refractivity (Wildman–Crippen MR) is 122 cm³/mol. The lowest BCUT2D eigenvalue weighted by Gasteiger charge is -2.06. The van der Waals surface area contributed by atoms with Crippen LogP contribution < -0.4 is 20.9 Å². The first kappa shape index (κ1) is 22.3. The molecule has 8 heteroatoms. The first-order chi connectivity index (χ1) is 16.5. The first-order valence-electron chi connectivity index (χ1n) is 9.16. The molecule has 34 heavy (non-hydrogen) atoms. The van der Waals surface area contributed by atoms with Crippen LogP contribution >= 0.6 is 0 Å². The SMILES string of the molecule is [C-]#[N+]C([N+]#[C-])=c1ccc(=C(C#N)C#N)c2cc3c(=C(C#N)C#N)ccc(=C([N+]#[C-])[N+]#[C-])c3cc12. The minimum atomic E-state index is -0.245. The fourth-order valence-corrected chi connectivity index (χ4v) is 3.59. The van der Waals surface area contributed by atoms with Gasteiger partial charge in [0.2, 0.25) is 0 Å². The molecule has 0 aliphatic heterocycles. The summed E-state index contributed by atoms with van der Waals surface area (Å²) in [5.74, 6) is -0.491. The van der Waals surface area contributed by atoms with Gasteiger partial charge in [-0.25, -0.2) is 0 Å². The molecule has 3 aromatic rings. The predicted octanol–water partition coefficient (Wildman–Crippen LogP) is 2.20. The maximum atomic E-state index is 9.45. The standard InChI is InChI=1S/C26H6N8/c1-31-25(32-2)19-7-5-17(15(11-27)12-28)21-9-22-18(16(13-29)14-30)6-8-20(26(33-3)34-4)24(22)10-23(19)21/h5-10H. The molecule has 0 spiro atoms. The van der Waals surface area contributed by atoms with Crippen molar-refractivity contribution in [3.63, 3.8) is 0 Å². The number of rotatable bonds is 0. The topological polar surface area (TPSA) is 113 Å². The summed E-state index contributed by atoms with van der Waals surface area (Å²) in [6.07, 6.45) is 0. The molecule has 0 bridgehead atoms. The lowest BCUT2D eigenvalue weighted by atomic mass is 9.95. The van der Waals surface area contributed by atoms with Crippen molar-refractivity contribution in [3.05, 3.63) is 103 Å². The average Bonchev–Trinajstić information content (AvgIpc) is 2.87. The van der Waals surface area contributed by atoms with E-state index in [0.717, 1.165) is 0 Å². The van der Waals surface area contributed by atoms with E-state index >= 15 is 0 Å². The first-order valence-corrected chi connectivity index (χ1v) is 9.16. The summed E-state index contributed by atoms with van der Waals surface area (Å²) < 4.78 is 0. The van der Waals surface area contributed by atoms with Crippen LogP contribution in [0, 0.1) is 71.6 Å². The molecule has 0 atom stereocenters. The smallest absolute Gasteiger partial charge is 0.192 e. The average molecular weight is 430 g/mol. The molecule has 0 unspecified atom stereocenters. The van der Waals surface area contributed by atoms with E-state index in [1.165, 1.54) is 24.3 Å². The van der Waals surface area contributed by atoms with E-state index in [-0.39, 0.29) is 43.7 Å². The van der Waals surface area contributed by atoms with Gasteiger partial charge in [0.1, 0.15) is 61.7 Å². The molecule has 0 fully saturated rings. The molecule has 3 aromatic carbocycles. The normalized spacial score (nSPS) is 8.94. The molecule has 0 aliphatic rings. The largest absolute Gasteiger partial charge is 0.527 e. The summed E-state index contributed by atoms with van der Waals surface area (Å²) in [5, 5.41) is 40.2. The van der Waals surface area contributed by atoms with Gasteiger partial charge in [0, 0.05) is 10.4 Å². The van der Waals surface area contributed by atoms with E-state index in [4.69, 9.17) is 26.3 Å². The Morgan fingerprint density at radius 2 is 0.765 bits per heavy atom. The van der Waals surface area contributed by atoms with E-state index in [2.05, 4.69) is 19.4 Å². The molecular formula is C26H6N8. The molecule has 150 valence electrons. The van der Waals surface area contributed by atoms with E-state index in [9.17, 15) is 21.0 Å². The Morgan fingerprint density at radius 3 is 1.03 bits per heavy atom. The van der Waals surface area contributed by atoms with Crippen LogP contribution in [0.15, 0.2) is 36.4 Å². The Balaban J connectivity index is 3.01. The van der Waals surface area contributed by atoms with Crippen molar-refractivity contribution in [3.8, 4) is 24.3 Å². The number of nitrogens with zero attached hydrogens (tertiary/aromatic N) is 8. The van der Waals surface area contributed by atoms with Crippen molar-refractivity contribution >= 4 is 44.3 Å². The molecule has 0 saturated heterocycles. The van der Waals surface area contributed by atoms with E-state index < -0.39 is 0 Å². The highest BCUT2D eigenvalue weighted by Gasteiger charge is 2.15. The third-order valence-corrected chi connectivity index (χ3v) is 5.04. The quantitative estimate of drug-likeness (QED) is 0.402. The van der Waals surface area contributed by atoms with Gasteiger partial charge in [0.05, 0.1) is 10.4 Å². The monoisotopic (exact) mass is 430 g/mol. The van der Waals surface area contributed by atoms with Crippen LogP contribution in [0.25, 0.3) is 63.7 Å². The summed E-state index contributed by atoms with van der Waals surface area (Å²) in [6.45, 7) is 29.4. The molecule has 0 saturated carbocycles. The van der Waals surface area contributed by atoms with Crippen molar-refractivity contribution in [1.82, 2.24) is 0 Å². The zero-order valence-electron chi connectivity index (χ0n) is 17.0. The highest BCUT2D eigenvalue weighted by molar-refractivity contribution is 6.03. The van der Waals surface area contributed by atoms with Gasteiger partial charge < -0.3 is 0 Å². The summed E-state index contributed by atoms with van der Waals surface area (Å²) in [4.78, 5) is 13.1. The fraction of sp³-hybridized carbons (Fsp3) is 0. The van der Waals surface area contributed by atoms with Crippen LogP contribution in [0.1, 0.15) is 0 Å². The number of hydrogen-bond acceptors (Lipinski definition) is 4. The molecule has 8 nitrogen and oxygen atoms in total. The summed E-state index contributed by atoms with van der Waals surface area (Å²) >= 11 is 0. The summed E-state index contributed by atoms with van der Waals surface area (Å²) in [7, 11) is 0. The number of benzene rings is 3. The summed E-state index contributed by atoms with van der Waals surface area (Å²) in [6, 6.07) is 16.2. The third kappa shape index (κ3) is 3.38. The lowest BCUT2D eigenvalue weighted by molar-refractivity contribution is 1.49. The van der Waals surface area contributed by atoms with Gasteiger partial charge in [-0.15, -0.1) is 0 Å². The van der Waals surface area contributed by atoms with Crippen LogP contribution in [-0.2, 0) is 0 Å². The van der Waals surface area contributed by atoms with Gasteiger partial charge in [-0.3, -0.25) is 0 Å². The second-order valence-corrected chi connectivity index (χ2v) is 6.56. The second kappa shape index (κ2) is 9.16. The molecule has 3 rings (SSSR count). The number of nitriles is 4. The Hall–Kier alpha value is -6.42. The summed E-state index contributed by atoms with van der Waals surface area (Å²) in [5.41, 5.74) is -0.416. The number of fused-ring (bicyclic) bond motifs is 2. The van der Waals surface area contributed by atoms with Crippen LogP contribution in [0.3, 0.4) is 0 Å². The molecular weight excluding hydrogens is 424 g/mol. The maximum Gasteiger partial charge on any atom is 0.527 e. The van der Waals surface area contributed by atoms with Gasteiger partial charge >= 0.3 is 11.6 Å². The fourth-order valence-electron chi connectivity index (χ4n) is 3.59. The molecule has 0 heterocycles. The van der Waals surface area contributed by atoms with Crippen LogP contribution in [0.5, 0.6) is 0 Å². The molecule has 0 radical (unpaired) electrons. The molecule has 0 N–H and O–H groups in total. The second-order valence-electron chi connectivity index (χ2n) is 6.56. The Morgan fingerprint density at radius 1 is 0.500 bits per heavy atom. The molecule has 0 aliphatic carbocycles. The van der Waals surface area contributed by atoms with Gasteiger partial charge in [0.25, 0.3) is 0 Å². The molecule has 0 aromatic heterocycles. The zero-order chi connectivity index (χ0) is 24.8. The molecule has 0 amide bonds.